The smallest absolute Gasteiger partial charge is 0.305 e. The maximum Gasteiger partial charge on any atom is 0.305 e. The predicted octanol–water partition coefficient (Wildman–Crippen LogP) is 1.95. The molecule has 6 nitrogen and oxygen atoms in total. The Morgan fingerprint density at radius 1 is 1.48 bits per heavy atom. The lowest BCUT2D eigenvalue weighted by Gasteiger charge is -2.29. The van der Waals surface area contributed by atoms with Crippen molar-refractivity contribution in [2.45, 2.75) is 25.3 Å². The molecule has 2 rings (SSSR count). The van der Waals surface area contributed by atoms with E-state index in [9.17, 15) is 14.4 Å². The van der Waals surface area contributed by atoms with Crippen molar-refractivity contribution in [3.05, 3.63) is 34.3 Å². The molecular weight excluding hydrogens is 364 g/mol. The fourth-order valence-corrected chi connectivity index (χ4v) is 3.02. The molecule has 23 heavy (non-hydrogen) atoms. The quantitative estimate of drug-likeness (QED) is 0.814. The van der Waals surface area contributed by atoms with Crippen LogP contribution in [-0.2, 0) is 14.4 Å². The van der Waals surface area contributed by atoms with Gasteiger partial charge in [0.25, 0.3) is 0 Å². The monoisotopic (exact) mass is 382 g/mol. The molecule has 0 aliphatic carbocycles. The van der Waals surface area contributed by atoms with Gasteiger partial charge in [0.05, 0.1) is 12.5 Å². The first kappa shape index (κ1) is 17.5. The van der Waals surface area contributed by atoms with Gasteiger partial charge in [-0.3, -0.25) is 14.4 Å². The van der Waals surface area contributed by atoms with Gasteiger partial charge in [0.15, 0.2) is 0 Å². The number of carbonyl (C=O) groups excluding carboxylic acids is 2. The number of hydrogen-bond acceptors (Lipinski definition) is 3. The molecule has 1 aromatic rings. The Balaban J connectivity index is 2.10. The highest BCUT2D eigenvalue weighted by molar-refractivity contribution is 9.10. The predicted molar refractivity (Wildman–Crippen MR) is 87.6 cm³/mol. The first-order valence-electron chi connectivity index (χ1n) is 7.38. The van der Waals surface area contributed by atoms with E-state index in [1.807, 2.05) is 6.07 Å². The average Bonchev–Trinajstić information content (AvgIpc) is 2.48. The molecule has 1 heterocycles. The highest BCUT2D eigenvalue weighted by atomic mass is 79.9. The van der Waals surface area contributed by atoms with Gasteiger partial charge in [0.1, 0.15) is 0 Å². The maximum absolute atomic E-state index is 12.4. The molecule has 0 bridgehead atoms. The van der Waals surface area contributed by atoms with Crippen LogP contribution in [0.2, 0.25) is 0 Å². The molecule has 1 aliphatic rings. The number of likely N-dealkylation sites (tertiary alicyclic amines) is 1. The molecule has 0 saturated carbocycles. The summed E-state index contributed by atoms with van der Waals surface area (Å²) in [6.07, 6.45) is 0.551. The van der Waals surface area contributed by atoms with Gasteiger partial charge in [-0.15, -0.1) is 0 Å². The lowest BCUT2D eigenvalue weighted by Crippen LogP contribution is -2.43. The third-order valence-corrected chi connectivity index (χ3v) is 4.47. The van der Waals surface area contributed by atoms with E-state index in [0.29, 0.717) is 13.0 Å². The van der Waals surface area contributed by atoms with Crippen molar-refractivity contribution in [2.75, 3.05) is 13.6 Å². The van der Waals surface area contributed by atoms with Crippen molar-refractivity contribution >= 4 is 33.7 Å². The maximum atomic E-state index is 12.4. The van der Waals surface area contributed by atoms with Crippen molar-refractivity contribution in [3.8, 4) is 0 Å². The Kier molecular flexibility index (Phi) is 5.76. The van der Waals surface area contributed by atoms with Crippen molar-refractivity contribution in [1.82, 2.24) is 10.2 Å². The summed E-state index contributed by atoms with van der Waals surface area (Å²) in [6.45, 7) is 0.539. The molecule has 1 saturated heterocycles. The minimum absolute atomic E-state index is 0.0614. The van der Waals surface area contributed by atoms with E-state index in [1.165, 1.54) is 0 Å². The fourth-order valence-electron chi connectivity index (χ4n) is 2.61. The summed E-state index contributed by atoms with van der Waals surface area (Å²) >= 11 is 3.34. The molecule has 0 radical (unpaired) electrons. The third-order valence-electron chi connectivity index (χ3n) is 3.98. The summed E-state index contributed by atoms with van der Waals surface area (Å²) < 4.78 is 0.814. The number of carbonyl (C=O) groups is 3. The number of carboxylic acids is 1. The van der Waals surface area contributed by atoms with Crippen LogP contribution >= 0.6 is 15.9 Å². The highest BCUT2D eigenvalue weighted by Gasteiger charge is 2.30. The van der Waals surface area contributed by atoms with E-state index in [1.54, 1.807) is 30.1 Å². The number of halogens is 1. The van der Waals surface area contributed by atoms with E-state index in [4.69, 9.17) is 5.11 Å². The van der Waals surface area contributed by atoms with E-state index in [2.05, 4.69) is 21.2 Å². The first-order chi connectivity index (χ1) is 10.9. The second kappa shape index (κ2) is 7.59. The summed E-state index contributed by atoms with van der Waals surface area (Å²) in [5.41, 5.74) is 0.717. The van der Waals surface area contributed by atoms with E-state index in [0.717, 1.165) is 10.0 Å². The van der Waals surface area contributed by atoms with Gasteiger partial charge in [0, 0.05) is 30.4 Å². The highest BCUT2D eigenvalue weighted by Crippen LogP contribution is 2.23. The van der Waals surface area contributed by atoms with E-state index >= 15 is 0 Å². The topological polar surface area (TPSA) is 86.7 Å². The molecule has 2 amide bonds. The van der Waals surface area contributed by atoms with Crippen LogP contribution in [0.25, 0.3) is 0 Å². The van der Waals surface area contributed by atoms with Crippen molar-refractivity contribution in [3.63, 3.8) is 0 Å². The molecule has 1 aliphatic heterocycles. The minimum Gasteiger partial charge on any atom is -0.481 e. The van der Waals surface area contributed by atoms with Gasteiger partial charge in [-0.2, -0.15) is 0 Å². The number of amides is 2. The van der Waals surface area contributed by atoms with Crippen LogP contribution in [0.15, 0.2) is 28.7 Å². The van der Waals surface area contributed by atoms with Crippen molar-refractivity contribution in [1.29, 1.82) is 0 Å². The van der Waals surface area contributed by atoms with Crippen LogP contribution in [0, 0.1) is 5.92 Å². The van der Waals surface area contributed by atoms with Crippen molar-refractivity contribution < 1.29 is 19.5 Å². The second-order valence-electron chi connectivity index (χ2n) is 5.72. The number of hydrogen-bond donors (Lipinski definition) is 2. The number of carboxylic acid groups (broad SMARTS) is 1. The Bertz CT molecular complexity index is 620. The van der Waals surface area contributed by atoms with Gasteiger partial charge >= 0.3 is 5.97 Å². The van der Waals surface area contributed by atoms with Crippen LogP contribution < -0.4 is 5.32 Å². The zero-order chi connectivity index (χ0) is 17.0. The number of rotatable bonds is 5. The van der Waals surface area contributed by atoms with Gasteiger partial charge < -0.3 is 15.3 Å². The van der Waals surface area contributed by atoms with Crippen LogP contribution in [0.3, 0.4) is 0 Å². The van der Waals surface area contributed by atoms with Crippen LogP contribution in [0.4, 0.5) is 0 Å². The van der Waals surface area contributed by atoms with E-state index in [-0.39, 0.29) is 24.7 Å². The second-order valence-corrected chi connectivity index (χ2v) is 6.63. The summed E-state index contributed by atoms with van der Waals surface area (Å²) in [5, 5.41) is 11.9. The molecular formula is C16H19BrN2O4. The Labute approximate surface area is 143 Å². The SMILES string of the molecule is CN1CC[C@@H](C(=O)N[C@@H](CC(=O)O)c2cccc(Br)c2)CC1=O. The standard InChI is InChI=1S/C16H19BrN2O4/c1-19-6-5-11(8-14(19)20)16(23)18-13(9-15(21)22)10-3-2-4-12(17)7-10/h2-4,7,11,13H,5-6,8-9H2,1H3,(H,18,23)(H,21,22)/t11-,13+/m1/s1. The Morgan fingerprint density at radius 3 is 2.83 bits per heavy atom. The van der Waals surface area contributed by atoms with Gasteiger partial charge in [0.2, 0.25) is 11.8 Å². The molecule has 124 valence electrons. The summed E-state index contributed by atoms with van der Waals surface area (Å²) in [7, 11) is 1.71. The number of benzene rings is 1. The molecule has 0 aromatic heterocycles. The van der Waals surface area contributed by atoms with Crippen LogP contribution in [0.5, 0.6) is 0 Å². The summed E-state index contributed by atoms with van der Waals surface area (Å²) in [6, 6.07) is 6.57. The number of piperidine rings is 1. The number of aliphatic carboxylic acids is 1. The summed E-state index contributed by atoms with van der Waals surface area (Å²) in [4.78, 5) is 36.8. The van der Waals surface area contributed by atoms with Crippen LogP contribution in [-0.4, -0.2) is 41.4 Å². The number of nitrogens with zero attached hydrogens (tertiary/aromatic N) is 1. The summed E-state index contributed by atoms with van der Waals surface area (Å²) in [5.74, 6) is -1.72. The molecule has 2 atom stereocenters. The molecule has 0 unspecified atom stereocenters. The molecule has 1 fully saturated rings. The Morgan fingerprint density at radius 2 is 2.22 bits per heavy atom. The first-order valence-corrected chi connectivity index (χ1v) is 8.17. The normalized spacial score (nSPS) is 19.3. The Hall–Kier alpha value is -1.89. The molecule has 2 N–H and O–H groups in total. The van der Waals surface area contributed by atoms with Gasteiger partial charge in [-0.25, -0.2) is 0 Å². The zero-order valence-electron chi connectivity index (χ0n) is 12.8. The minimum atomic E-state index is -0.991. The number of nitrogens with one attached hydrogen (secondary N) is 1. The fraction of sp³-hybridized carbons (Fsp3) is 0.438. The molecule has 1 aromatic carbocycles. The zero-order valence-corrected chi connectivity index (χ0v) is 14.4. The largest absolute Gasteiger partial charge is 0.481 e. The lowest BCUT2D eigenvalue weighted by atomic mass is 9.94. The average molecular weight is 383 g/mol. The van der Waals surface area contributed by atoms with Crippen molar-refractivity contribution in [2.24, 2.45) is 5.92 Å². The lowest BCUT2D eigenvalue weighted by molar-refractivity contribution is -0.140. The van der Waals surface area contributed by atoms with Gasteiger partial charge in [-0.1, -0.05) is 28.1 Å². The van der Waals surface area contributed by atoms with Crippen LogP contribution in [0.1, 0.15) is 30.9 Å². The van der Waals surface area contributed by atoms with Gasteiger partial charge in [-0.05, 0) is 24.1 Å². The third kappa shape index (κ3) is 4.79. The molecule has 7 heteroatoms. The molecule has 0 spiro atoms. The van der Waals surface area contributed by atoms with E-state index < -0.39 is 17.9 Å².